The lowest BCUT2D eigenvalue weighted by Crippen LogP contribution is -2.32. The topological polar surface area (TPSA) is 114 Å². The van der Waals surface area contributed by atoms with E-state index in [2.05, 4.69) is 15.3 Å². The zero-order valence-corrected chi connectivity index (χ0v) is 18.0. The fourth-order valence-electron chi connectivity index (χ4n) is 3.27. The molecule has 0 spiro atoms. The van der Waals surface area contributed by atoms with Crippen molar-refractivity contribution in [1.29, 1.82) is 5.41 Å². The van der Waals surface area contributed by atoms with Crippen LogP contribution in [0.3, 0.4) is 0 Å². The van der Waals surface area contributed by atoms with Crippen molar-refractivity contribution in [1.82, 2.24) is 18.9 Å². The van der Waals surface area contributed by atoms with Gasteiger partial charge in [0.2, 0.25) is 0 Å². The molecule has 31 heavy (non-hydrogen) atoms. The summed E-state index contributed by atoms with van der Waals surface area (Å²) in [6.07, 6.45) is 3.92. The number of fused-ring (bicyclic) bond motifs is 2. The second-order valence-electron chi connectivity index (χ2n) is 7.21. The van der Waals surface area contributed by atoms with Crippen LogP contribution in [0.2, 0.25) is 0 Å². The van der Waals surface area contributed by atoms with Crippen LogP contribution in [-0.2, 0) is 11.3 Å². The average Bonchev–Trinajstić information content (AvgIpc) is 3.25. The molecule has 4 heterocycles. The van der Waals surface area contributed by atoms with Gasteiger partial charge in [0.15, 0.2) is 5.13 Å². The summed E-state index contributed by atoms with van der Waals surface area (Å²) in [6, 6.07) is 6.72. The van der Waals surface area contributed by atoms with Crippen molar-refractivity contribution < 1.29 is 9.53 Å². The van der Waals surface area contributed by atoms with Crippen molar-refractivity contribution in [3.8, 4) is 0 Å². The van der Waals surface area contributed by atoms with Gasteiger partial charge in [-0.1, -0.05) is 6.07 Å². The van der Waals surface area contributed by atoms with E-state index in [0.29, 0.717) is 36.0 Å². The fourth-order valence-corrected chi connectivity index (χ4v) is 3.79. The average molecular weight is 439 g/mol. The Morgan fingerprint density at radius 1 is 1.35 bits per heavy atom. The molecule has 4 rings (SSSR count). The first-order valence-corrected chi connectivity index (χ1v) is 10.8. The number of carbonyl (C=O) groups excluding carboxylic acids is 1. The Bertz CT molecular complexity index is 1360. The Morgan fingerprint density at radius 3 is 2.94 bits per heavy atom. The van der Waals surface area contributed by atoms with Crippen LogP contribution in [0.1, 0.15) is 30.6 Å². The van der Waals surface area contributed by atoms with Crippen LogP contribution in [0.15, 0.2) is 46.8 Å². The summed E-state index contributed by atoms with van der Waals surface area (Å²) in [4.78, 5) is 34.7. The number of amides is 1. The van der Waals surface area contributed by atoms with Crippen molar-refractivity contribution in [2.45, 2.75) is 32.9 Å². The predicted octanol–water partition coefficient (Wildman–Crippen LogP) is 2.65. The number of hydrogen-bond donors (Lipinski definition) is 2. The molecule has 0 fully saturated rings. The fraction of sp³-hybridized carbons (Fsp3) is 0.286. The van der Waals surface area contributed by atoms with Crippen molar-refractivity contribution in [3.05, 3.63) is 63.4 Å². The summed E-state index contributed by atoms with van der Waals surface area (Å²) >= 11 is 1.28. The summed E-state index contributed by atoms with van der Waals surface area (Å²) in [6.45, 7) is 4.79. The number of rotatable bonds is 7. The van der Waals surface area contributed by atoms with Crippen LogP contribution < -0.4 is 16.4 Å². The zero-order valence-electron chi connectivity index (χ0n) is 17.2. The number of nitrogens with zero attached hydrogens (tertiary/aromatic N) is 4. The molecule has 0 unspecified atom stereocenters. The van der Waals surface area contributed by atoms with Crippen LogP contribution in [-0.4, -0.2) is 37.6 Å². The molecule has 160 valence electrons. The molecule has 0 saturated carbocycles. The van der Waals surface area contributed by atoms with Gasteiger partial charge in [-0.15, -0.1) is 11.3 Å². The van der Waals surface area contributed by atoms with Gasteiger partial charge < -0.3 is 9.30 Å². The van der Waals surface area contributed by atoms with Gasteiger partial charge in [-0.05, 0) is 38.5 Å². The number of aromatic nitrogens is 4. The molecule has 10 heteroatoms. The Morgan fingerprint density at radius 2 is 2.19 bits per heavy atom. The van der Waals surface area contributed by atoms with Crippen LogP contribution in [0.5, 0.6) is 0 Å². The highest BCUT2D eigenvalue weighted by molar-refractivity contribution is 7.13. The lowest BCUT2D eigenvalue weighted by molar-refractivity contribution is 0.0748. The second-order valence-corrected chi connectivity index (χ2v) is 8.10. The van der Waals surface area contributed by atoms with Crippen molar-refractivity contribution >= 4 is 39.1 Å². The third kappa shape index (κ3) is 4.25. The molecule has 0 saturated heterocycles. The summed E-state index contributed by atoms with van der Waals surface area (Å²) in [5.74, 6) is -0.494. The summed E-state index contributed by atoms with van der Waals surface area (Å²) in [7, 11) is 0. The quantitative estimate of drug-likeness (QED) is 0.340. The smallest absolute Gasteiger partial charge is 0.267 e. The minimum Gasteiger partial charge on any atom is -0.379 e. The molecule has 0 aliphatic rings. The van der Waals surface area contributed by atoms with Crippen molar-refractivity contribution in [3.63, 3.8) is 0 Å². The van der Waals surface area contributed by atoms with Crippen LogP contribution in [0.4, 0.5) is 5.13 Å². The van der Waals surface area contributed by atoms with Crippen LogP contribution >= 0.6 is 11.3 Å². The van der Waals surface area contributed by atoms with E-state index in [1.165, 1.54) is 21.8 Å². The predicted molar refractivity (Wildman–Crippen MR) is 119 cm³/mol. The molecule has 2 N–H and O–H groups in total. The first-order valence-electron chi connectivity index (χ1n) is 9.87. The molecule has 0 aliphatic carbocycles. The van der Waals surface area contributed by atoms with Gasteiger partial charge in [-0.25, -0.2) is 9.97 Å². The van der Waals surface area contributed by atoms with Gasteiger partial charge >= 0.3 is 0 Å². The molecule has 1 amide bonds. The lowest BCUT2D eigenvalue weighted by atomic mass is 10.2. The summed E-state index contributed by atoms with van der Waals surface area (Å²) in [5, 5.41) is 13.8. The number of thiazole rings is 1. The zero-order chi connectivity index (χ0) is 22.0. The Labute approximate surface area is 181 Å². The number of pyridine rings is 2. The minimum absolute atomic E-state index is 0.0155. The van der Waals surface area contributed by atoms with E-state index in [1.807, 2.05) is 13.8 Å². The van der Waals surface area contributed by atoms with E-state index in [4.69, 9.17) is 10.1 Å². The highest BCUT2D eigenvalue weighted by Gasteiger charge is 2.18. The number of anilines is 1. The monoisotopic (exact) mass is 438 g/mol. The molecule has 0 radical (unpaired) electrons. The number of nitrogens with one attached hydrogen (secondary N) is 2. The second kappa shape index (κ2) is 8.78. The number of aryl methyl sites for hydroxylation is 1. The summed E-state index contributed by atoms with van der Waals surface area (Å²) in [5.41, 5.74) is 0.625. The van der Waals surface area contributed by atoms with Gasteiger partial charge in [0, 0.05) is 30.9 Å². The molecule has 9 nitrogen and oxygen atoms in total. The van der Waals surface area contributed by atoms with E-state index in [0.717, 1.165) is 0 Å². The lowest BCUT2D eigenvalue weighted by Gasteiger charge is -2.15. The third-order valence-corrected chi connectivity index (χ3v) is 5.38. The van der Waals surface area contributed by atoms with E-state index in [1.54, 1.807) is 40.5 Å². The largest absolute Gasteiger partial charge is 0.379 e. The minimum atomic E-state index is -0.494. The highest BCUT2D eigenvalue weighted by Crippen LogP contribution is 2.14. The third-order valence-electron chi connectivity index (χ3n) is 4.69. The van der Waals surface area contributed by atoms with Gasteiger partial charge in [-0.3, -0.25) is 24.7 Å². The molecule has 0 atom stereocenters. The van der Waals surface area contributed by atoms with Gasteiger partial charge in [0.25, 0.3) is 11.5 Å². The molecular formula is C21H22N6O3S. The van der Waals surface area contributed by atoms with E-state index in [-0.39, 0.29) is 28.1 Å². The van der Waals surface area contributed by atoms with Crippen molar-refractivity contribution in [2.75, 3.05) is 11.9 Å². The number of hydrogen-bond acceptors (Lipinski definition) is 7. The number of carbonyl (C=O) groups is 1. The van der Waals surface area contributed by atoms with Crippen LogP contribution in [0.25, 0.3) is 16.7 Å². The molecule has 4 aromatic rings. The Hall–Kier alpha value is -3.37. The van der Waals surface area contributed by atoms with Gasteiger partial charge in [0.05, 0.1) is 17.1 Å². The Balaban J connectivity index is 1.85. The maximum absolute atomic E-state index is 13.1. The van der Waals surface area contributed by atoms with E-state index in [9.17, 15) is 9.59 Å². The molecular weight excluding hydrogens is 416 g/mol. The molecule has 4 aromatic heterocycles. The highest BCUT2D eigenvalue weighted by atomic mass is 32.1. The molecule has 0 aliphatic heterocycles. The summed E-state index contributed by atoms with van der Waals surface area (Å²) < 4.78 is 8.64. The first kappa shape index (κ1) is 20.9. The first-order chi connectivity index (χ1) is 15.0. The van der Waals surface area contributed by atoms with Crippen molar-refractivity contribution in [2.24, 2.45) is 0 Å². The standard InChI is InChI=1S/C21H22N6O3S/c1-13(2)30-10-5-9-27-17(22)14(19(28)25-21-23-7-11-31-21)12-15-18(27)24-16-6-3-4-8-26(16)20(15)29/h3-4,6-8,11-13,22H,5,9-10H2,1-2H3,(H,23,25,28). The molecule has 0 aromatic carbocycles. The van der Waals surface area contributed by atoms with Gasteiger partial charge in [-0.2, -0.15) is 0 Å². The van der Waals surface area contributed by atoms with Crippen LogP contribution in [0, 0.1) is 5.41 Å². The Kier molecular flexibility index (Phi) is 5.92. The van der Waals surface area contributed by atoms with E-state index < -0.39 is 5.91 Å². The normalized spacial score (nSPS) is 11.5. The van der Waals surface area contributed by atoms with Gasteiger partial charge in [0.1, 0.15) is 16.8 Å². The number of ether oxygens (including phenoxy) is 1. The van der Waals surface area contributed by atoms with E-state index >= 15 is 0 Å². The molecule has 0 bridgehead atoms. The maximum atomic E-state index is 13.1. The maximum Gasteiger partial charge on any atom is 0.267 e. The SMILES string of the molecule is CC(C)OCCCn1c(=N)c(C(=O)Nc2nccs2)cc2c(=O)n3ccccc3nc21.